The first-order valence-electron chi connectivity index (χ1n) is 31.7. The van der Waals surface area contributed by atoms with Crippen LogP contribution in [0.5, 0.6) is 0 Å². The lowest BCUT2D eigenvalue weighted by Crippen LogP contribution is -2.45. The standard InChI is InChI=1S/C70H119N2O6P/c1-6-8-10-12-14-16-18-20-22-24-26-27-28-29-30-31-32-33-34-35-36-37-38-39-40-41-42-43-44-45-46-48-50-52-54-56-58-60-62-64-70(74)71-68(67-78-79(75,76)77-66-65-72(3,4)5)69(73)63-61-59-57-55-53-51-49-47-25-23-21-19-17-15-13-11-9-7-2/h8,10,14,16,20,22,26-27,29-30,32-33,35-36,38-39,41-42,44-45,48,50,61,63,68-69,73H,6-7,9,11-13,15,17-19,21,23-25,28,31,34,37,40,43,46-47,49,51-60,62,64-67H2,1-5H3,(H-,71,74,75,76)/p+1/b10-8-,16-14-,22-20-,27-26-,30-29-,33-32-,36-35-,39-38-,42-41-,45-44-,50-48-,63-61+. The third kappa shape index (κ3) is 61.8. The number of likely N-dealkylation sites (N-methyl/N-ethyl adjacent to an activating group) is 1. The van der Waals surface area contributed by atoms with E-state index in [9.17, 15) is 19.4 Å². The fourth-order valence-electron chi connectivity index (χ4n) is 8.40. The zero-order valence-electron chi connectivity index (χ0n) is 51.3. The molecule has 0 saturated carbocycles. The van der Waals surface area contributed by atoms with Gasteiger partial charge in [0.05, 0.1) is 39.9 Å². The number of phosphoric ester groups is 1. The lowest BCUT2D eigenvalue weighted by Gasteiger charge is -2.25. The number of carbonyl (C=O) groups is 1. The summed E-state index contributed by atoms with van der Waals surface area (Å²) in [4.78, 5) is 23.3. The second kappa shape index (κ2) is 59.0. The van der Waals surface area contributed by atoms with Gasteiger partial charge in [-0.15, -0.1) is 0 Å². The van der Waals surface area contributed by atoms with Crippen molar-refractivity contribution >= 4 is 13.7 Å². The first-order chi connectivity index (χ1) is 38.5. The molecule has 8 nitrogen and oxygen atoms in total. The molecule has 0 aromatic heterocycles. The van der Waals surface area contributed by atoms with Gasteiger partial charge in [-0.3, -0.25) is 13.8 Å². The van der Waals surface area contributed by atoms with Crippen molar-refractivity contribution in [2.24, 2.45) is 0 Å². The maximum absolute atomic E-state index is 13.0. The predicted octanol–water partition coefficient (Wildman–Crippen LogP) is 20.0. The monoisotopic (exact) mass is 1120 g/mol. The fourth-order valence-corrected chi connectivity index (χ4v) is 9.14. The van der Waals surface area contributed by atoms with E-state index in [0.717, 1.165) is 128 Å². The van der Waals surface area contributed by atoms with Crippen molar-refractivity contribution in [3.63, 3.8) is 0 Å². The maximum Gasteiger partial charge on any atom is 0.472 e. The molecule has 3 atom stereocenters. The SMILES string of the molecule is CC/C=C\C/C=C\C/C=C\C/C=C\C/C=C\C/C=C\C/C=C\C/C=C\C/C=C\C/C=C\C/C=C\CCCCCCCC(=O)NC(COP(=O)(O)OCC[N+](C)(C)C)C(O)/C=C/CCCCCCCCCCCCCCCCCC. The molecular formula is C70H120N2O6P+. The first kappa shape index (κ1) is 75.4. The highest BCUT2D eigenvalue weighted by Crippen LogP contribution is 2.43. The van der Waals surface area contributed by atoms with Gasteiger partial charge >= 0.3 is 7.82 Å². The fraction of sp³-hybridized carbons (Fsp3) is 0.643. The van der Waals surface area contributed by atoms with Gasteiger partial charge in [0.15, 0.2) is 0 Å². The van der Waals surface area contributed by atoms with Gasteiger partial charge in [-0.2, -0.15) is 0 Å². The highest BCUT2D eigenvalue weighted by Gasteiger charge is 2.27. The van der Waals surface area contributed by atoms with E-state index in [2.05, 4.69) is 153 Å². The number of amides is 1. The molecule has 0 rings (SSSR count). The van der Waals surface area contributed by atoms with E-state index in [-0.39, 0.29) is 19.1 Å². The average Bonchev–Trinajstić information content (AvgIpc) is 3.42. The van der Waals surface area contributed by atoms with Crippen LogP contribution in [0, 0.1) is 0 Å². The van der Waals surface area contributed by atoms with Crippen molar-refractivity contribution in [1.29, 1.82) is 0 Å². The van der Waals surface area contributed by atoms with Crippen LogP contribution in [0.1, 0.15) is 239 Å². The summed E-state index contributed by atoms with van der Waals surface area (Å²) in [6.07, 6.45) is 91.0. The van der Waals surface area contributed by atoms with E-state index in [1.807, 2.05) is 27.2 Å². The number of aliphatic hydroxyl groups is 1. The minimum Gasteiger partial charge on any atom is -0.387 e. The number of rotatable bonds is 56. The summed E-state index contributed by atoms with van der Waals surface area (Å²) in [7, 11) is 1.54. The van der Waals surface area contributed by atoms with Crippen molar-refractivity contribution in [2.75, 3.05) is 40.9 Å². The molecule has 0 aromatic rings. The second-order valence-corrected chi connectivity index (χ2v) is 23.5. The molecule has 0 aromatic carbocycles. The molecule has 0 aliphatic heterocycles. The molecule has 0 fully saturated rings. The van der Waals surface area contributed by atoms with E-state index < -0.39 is 20.0 Å². The van der Waals surface area contributed by atoms with E-state index >= 15 is 0 Å². The number of phosphoric acid groups is 1. The summed E-state index contributed by atoms with van der Waals surface area (Å²) in [5.41, 5.74) is 0. The molecule has 0 aliphatic carbocycles. The van der Waals surface area contributed by atoms with Crippen LogP contribution in [-0.4, -0.2) is 73.4 Å². The van der Waals surface area contributed by atoms with Gasteiger partial charge in [-0.25, -0.2) is 4.57 Å². The minimum atomic E-state index is -4.36. The van der Waals surface area contributed by atoms with E-state index in [1.54, 1.807) is 6.08 Å². The van der Waals surface area contributed by atoms with Crippen molar-refractivity contribution in [3.05, 3.63) is 146 Å². The van der Waals surface area contributed by atoms with Crippen LogP contribution in [0.4, 0.5) is 0 Å². The molecule has 0 aliphatic rings. The highest BCUT2D eigenvalue weighted by molar-refractivity contribution is 7.47. The molecule has 0 heterocycles. The number of nitrogens with one attached hydrogen (secondary N) is 1. The Labute approximate surface area is 487 Å². The Morgan fingerprint density at radius 3 is 1.11 bits per heavy atom. The van der Waals surface area contributed by atoms with Crippen LogP contribution < -0.4 is 5.32 Å². The number of hydrogen-bond donors (Lipinski definition) is 3. The van der Waals surface area contributed by atoms with E-state index in [0.29, 0.717) is 17.4 Å². The summed E-state index contributed by atoms with van der Waals surface area (Å²) in [5.74, 6) is -0.201. The van der Waals surface area contributed by atoms with Crippen molar-refractivity contribution < 1.29 is 32.9 Å². The van der Waals surface area contributed by atoms with E-state index in [4.69, 9.17) is 9.05 Å². The van der Waals surface area contributed by atoms with Gasteiger partial charge in [-0.1, -0.05) is 275 Å². The molecule has 9 heteroatoms. The van der Waals surface area contributed by atoms with Gasteiger partial charge < -0.3 is 19.8 Å². The van der Waals surface area contributed by atoms with Gasteiger partial charge in [0.2, 0.25) is 5.91 Å². The van der Waals surface area contributed by atoms with Gasteiger partial charge in [-0.05, 0) is 103 Å². The van der Waals surface area contributed by atoms with Crippen molar-refractivity contribution in [3.8, 4) is 0 Å². The third-order valence-electron chi connectivity index (χ3n) is 13.3. The molecular weight excluding hydrogens is 996 g/mol. The number of nitrogens with zero attached hydrogens (tertiary/aromatic N) is 1. The Balaban J connectivity index is 4.22. The Morgan fingerprint density at radius 1 is 0.443 bits per heavy atom. The number of quaternary nitrogens is 1. The molecule has 79 heavy (non-hydrogen) atoms. The van der Waals surface area contributed by atoms with Crippen LogP contribution in [-0.2, 0) is 18.4 Å². The minimum absolute atomic E-state index is 0.0501. The van der Waals surface area contributed by atoms with Crippen LogP contribution in [0.25, 0.3) is 0 Å². The zero-order valence-corrected chi connectivity index (χ0v) is 52.2. The lowest BCUT2D eigenvalue weighted by molar-refractivity contribution is -0.870. The van der Waals surface area contributed by atoms with Gasteiger partial charge in [0.25, 0.3) is 0 Å². The molecule has 0 spiro atoms. The highest BCUT2D eigenvalue weighted by atomic mass is 31.2. The van der Waals surface area contributed by atoms with Crippen LogP contribution in [0.15, 0.2) is 146 Å². The Morgan fingerprint density at radius 2 is 0.759 bits per heavy atom. The number of unbranched alkanes of at least 4 members (excludes halogenated alkanes) is 21. The summed E-state index contributed by atoms with van der Waals surface area (Å²) >= 11 is 0. The lowest BCUT2D eigenvalue weighted by atomic mass is 10.0. The largest absolute Gasteiger partial charge is 0.472 e. The third-order valence-corrected chi connectivity index (χ3v) is 14.3. The molecule has 450 valence electrons. The summed E-state index contributed by atoms with van der Waals surface area (Å²) < 4.78 is 23.7. The average molecular weight is 1120 g/mol. The van der Waals surface area contributed by atoms with Gasteiger partial charge in [0, 0.05) is 6.42 Å². The van der Waals surface area contributed by atoms with E-state index in [1.165, 1.54) is 89.9 Å². The summed E-state index contributed by atoms with van der Waals surface area (Å²) in [6, 6.07) is -0.868. The first-order valence-corrected chi connectivity index (χ1v) is 33.2. The molecule has 0 bridgehead atoms. The summed E-state index contributed by atoms with van der Waals surface area (Å²) in [6.45, 7) is 4.68. The normalized spacial score (nSPS) is 14.8. The second-order valence-electron chi connectivity index (χ2n) is 22.1. The molecule has 3 N–H and O–H groups in total. The Hall–Kier alpha value is -3.62. The number of hydrogen-bond acceptors (Lipinski definition) is 5. The van der Waals surface area contributed by atoms with Crippen LogP contribution in [0.2, 0.25) is 0 Å². The van der Waals surface area contributed by atoms with Gasteiger partial charge in [0.1, 0.15) is 13.2 Å². The van der Waals surface area contributed by atoms with Crippen molar-refractivity contribution in [2.45, 2.75) is 251 Å². The van der Waals surface area contributed by atoms with Crippen LogP contribution in [0.3, 0.4) is 0 Å². The Bertz CT molecular complexity index is 1790. The Kier molecular flexibility index (Phi) is 56.3. The molecule has 0 saturated heterocycles. The van der Waals surface area contributed by atoms with Crippen molar-refractivity contribution in [1.82, 2.24) is 5.32 Å². The topological polar surface area (TPSA) is 105 Å². The zero-order chi connectivity index (χ0) is 57.7. The predicted molar refractivity (Wildman–Crippen MR) is 345 cm³/mol. The maximum atomic E-state index is 13.0. The number of aliphatic hydroxyl groups excluding tert-OH is 1. The van der Waals surface area contributed by atoms with Crippen LogP contribution >= 0.6 is 7.82 Å². The number of carbonyl (C=O) groups excluding carboxylic acids is 1. The smallest absolute Gasteiger partial charge is 0.387 e. The molecule has 1 amide bonds. The summed E-state index contributed by atoms with van der Waals surface area (Å²) in [5, 5.41) is 13.9. The molecule has 3 unspecified atom stereocenters. The quantitative estimate of drug-likeness (QED) is 0.0243. The molecule has 0 radical (unpaired) electrons. The number of allylic oxidation sites excluding steroid dienone is 23.